The van der Waals surface area contributed by atoms with Crippen LogP contribution in [0.5, 0.6) is 5.88 Å². The Kier molecular flexibility index (Phi) is 5.67. The maximum Gasteiger partial charge on any atom is 0.307 e. The van der Waals surface area contributed by atoms with Crippen LogP contribution >= 0.6 is 0 Å². The number of hydrogen-bond acceptors (Lipinski definition) is 3. The summed E-state index contributed by atoms with van der Waals surface area (Å²) in [6.07, 6.45) is 2.32. The van der Waals surface area contributed by atoms with Gasteiger partial charge in [-0.1, -0.05) is 20.8 Å². The predicted molar refractivity (Wildman–Crippen MR) is 88.2 cm³/mol. The second-order valence-corrected chi connectivity index (χ2v) is 11.7. The maximum absolute atomic E-state index is 11.6. The zero-order valence-electron chi connectivity index (χ0n) is 14.4. The van der Waals surface area contributed by atoms with Gasteiger partial charge in [0.15, 0.2) is 5.88 Å². The Morgan fingerprint density at radius 3 is 2.52 bits per heavy atom. The molecule has 0 aromatic carbocycles. The van der Waals surface area contributed by atoms with Crippen molar-refractivity contribution in [1.82, 2.24) is 4.57 Å². The van der Waals surface area contributed by atoms with Gasteiger partial charge < -0.3 is 13.7 Å². The van der Waals surface area contributed by atoms with Gasteiger partial charge in [-0.25, -0.2) is 0 Å². The summed E-state index contributed by atoms with van der Waals surface area (Å²) in [5, 5.41) is 0.145. The zero-order chi connectivity index (χ0) is 16.3. The molecule has 120 valence electrons. The highest BCUT2D eigenvalue weighted by atomic mass is 28.4. The van der Waals surface area contributed by atoms with Gasteiger partial charge in [-0.05, 0) is 44.1 Å². The Labute approximate surface area is 129 Å². The van der Waals surface area contributed by atoms with Crippen LogP contribution in [0.4, 0.5) is 0 Å². The Hall–Kier alpha value is -1.23. The lowest BCUT2D eigenvalue weighted by Crippen LogP contribution is -2.44. The van der Waals surface area contributed by atoms with Crippen LogP contribution < -0.4 is 4.43 Å². The summed E-state index contributed by atoms with van der Waals surface area (Å²) in [6, 6.07) is 3.96. The fourth-order valence-electron chi connectivity index (χ4n) is 1.80. The normalized spacial score (nSPS) is 13.9. The standard InChI is InChI=1S/C16H29NO3Si/c1-8-19-15(18)12-13(2)17-11-9-10-14(17)20-21(6,7)16(3,4)5/h9-11,13H,8,12H2,1-7H3. The number of ether oxygens (including phenoxy) is 1. The third kappa shape index (κ3) is 4.63. The van der Waals surface area contributed by atoms with Gasteiger partial charge in [0.05, 0.1) is 13.0 Å². The van der Waals surface area contributed by atoms with Gasteiger partial charge in [0, 0.05) is 12.2 Å². The van der Waals surface area contributed by atoms with Crippen molar-refractivity contribution in [2.45, 2.75) is 65.2 Å². The van der Waals surface area contributed by atoms with E-state index in [1.807, 2.05) is 36.7 Å². The van der Waals surface area contributed by atoms with Crippen molar-refractivity contribution in [3.8, 4) is 5.88 Å². The first-order chi connectivity index (χ1) is 9.58. The summed E-state index contributed by atoms with van der Waals surface area (Å²) >= 11 is 0. The van der Waals surface area contributed by atoms with Crippen LogP contribution in [0.3, 0.4) is 0 Å². The molecule has 5 heteroatoms. The van der Waals surface area contributed by atoms with Crippen molar-refractivity contribution in [2.75, 3.05) is 6.61 Å². The molecule has 21 heavy (non-hydrogen) atoms. The topological polar surface area (TPSA) is 40.5 Å². The minimum Gasteiger partial charge on any atom is -0.532 e. The lowest BCUT2D eigenvalue weighted by molar-refractivity contribution is -0.143. The summed E-state index contributed by atoms with van der Waals surface area (Å²) in [5.41, 5.74) is 0. The molecule has 0 aliphatic rings. The first kappa shape index (κ1) is 17.8. The molecule has 0 aliphatic heterocycles. The minimum absolute atomic E-state index is 0.0267. The molecule has 1 aromatic heterocycles. The first-order valence-electron chi connectivity index (χ1n) is 7.60. The third-order valence-electron chi connectivity index (χ3n) is 4.15. The molecule has 0 N–H and O–H groups in total. The monoisotopic (exact) mass is 311 g/mol. The molecule has 0 fully saturated rings. The summed E-state index contributed by atoms with van der Waals surface area (Å²) in [4.78, 5) is 11.6. The lowest BCUT2D eigenvalue weighted by atomic mass is 10.2. The van der Waals surface area contributed by atoms with Crippen LogP contribution in [-0.2, 0) is 9.53 Å². The van der Waals surface area contributed by atoms with Gasteiger partial charge in [-0.3, -0.25) is 4.79 Å². The number of nitrogens with zero attached hydrogens (tertiary/aromatic N) is 1. The predicted octanol–water partition coefficient (Wildman–Crippen LogP) is 4.39. The van der Waals surface area contributed by atoms with Gasteiger partial charge in [0.1, 0.15) is 0 Å². The smallest absolute Gasteiger partial charge is 0.307 e. The molecule has 4 nitrogen and oxygen atoms in total. The highest BCUT2D eigenvalue weighted by molar-refractivity contribution is 6.74. The second kappa shape index (κ2) is 6.69. The first-order valence-corrected chi connectivity index (χ1v) is 10.5. The number of esters is 1. The van der Waals surface area contributed by atoms with Gasteiger partial charge >= 0.3 is 5.97 Å². The number of rotatable bonds is 6. The Morgan fingerprint density at radius 2 is 2.00 bits per heavy atom. The molecule has 1 aromatic rings. The summed E-state index contributed by atoms with van der Waals surface area (Å²) in [6.45, 7) is 15.3. The van der Waals surface area contributed by atoms with Gasteiger partial charge in [-0.2, -0.15) is 0 Å². The largest absolute Gasteiger partial charge is 0.532 e. The molecular weight excluding hydrogens is 282 g/mol. The van der Waals surface area contributed by atoms with Crippen LogP contribution in [0.2, 0.25) is 18.1 Å². The number of hydrogen-bond donors (Lipinski definition) is 0. The van der Waals surface area contributed by atoms with Crippen molar-refractivity contribution in [3.05, 3.63) is 18.3 Å². The molecule has 1 heterocycles. The Bertz CT molecular complexity index is 474. The molecule has 0 radical (unpaired) electrons. The molecule has 0 saturated heterocycles. The van der Waals surface area contributed by atoms with E-state index >= 15 is 0 Å². The van der Waals surface area contributed by atoms with Crippen LogP contribution in [0.25, 0.3) is 0 Å². The van der Waals surface area contributed by atoms with E-state index in [2.05, 4.69) is 33.9 Å². The quantitative estimate of drug-likeness (QED) is 0.578. The van der Waals surface area contributed by atoms with E-state index in [0.29, 0.717) is 13.0 Å². The van der Waals surface area contributed by atoms with Gasteiger partial charge in [0.2, 0.25) is 0 Å². The van der Waals surface area contributed by atoms with Gasteiger partial charge in [0.25, 0.3) is 8.32 Å². The van der Waals surface area contributed by atoms with Crippen molar-refractivity contribution in [2.24, 2.45) is 0 Å². The maximum atomic E-state index is 11.6. The SMILES string of the molecule is CCOC(=O)CC(C)n1cccc1O[Si](C)(C)C(C)(C)C. The van der Waals surface area contributed by atoms with E-state index in [4.69, 9.17) is 9.16 Å². The average molecular weight is 311 g/mol. The number of carbonyl (C=O) groups is 1. The van der Waals surface area contributed by atoms with Gasteiger partial charge in [-0.15, -0.1) is 0 Å². The van der Waals surface area contributed by atoms with E-state index in [0.717, 1.165) is 5.88 Å². The van der Waals surface area contributed by atoms with E-state index in [9.17, 15) is 4.79 Å². The number of carbonyl (C=O) groups excluding carboxylic acids is 1. The molecule has 1 rings (SSSR count). The molecule has 0 bridgehead atoms. The van der Waals surface area contributed by atoms with Crippen molar-refractivity contribution in [3.63, 3.8) is 0 Å². The molecule has 0 spiro atoms. The Balaban J connectivity index is 2.85. The van der Waals surface area contributed by atoms with E-state index < -0.39 is 8.32 Å². The van der Waals surface area contributed by atoms with Crippen LogP contribution in [0.1, 0.15) is 47.1 Å². The second-order valence-electron chi connectivity index (χ2n) is 6.97. The minimum atomic E-state index is -1.88. The molecule has 0 saturated carbocycles. The van der Waals surface area contributed by atoms with Crippen LogP contribution in [-0.4, -0.2) is 25.5 Å². The fourth-order valence-corrected chi connectivity index (χ4v) is 2.80. The lowest BCUT2D eigenvalue weighted by Gasteiger charge is -2.37. The average Bonchev–Trinajstić information content (AvgIpc) is 2.75. The van der Waals surface area contributed by atoms with E-state index in [1.54, 1.807) is 0 Å². The van der Waals surface area contributed by atoms with Crippen molar-refractivity contribution < 1.29 is 14.0 Å². The molecule has 0 amide bonds. The Morgan fingerprint density at radius 1 is 1.38 bits per heavy atom. The fraction of sp³-hybridized carbons (Fsp3) is 0.688. The van der Waals surface area contributed by atoms with Crippen molar-refractivity contribution >= 4 is 14.3 Å². The van der Waals surface area contributed by atoms with E-state index in [1.165, 1.54) is 0 Å². The molecule has 1 atom stereocenters. The molecular formula is C16H29NO3Si. The zero-order valence-corrected chi connectivity index (χ0v) is 15.4. The van der Waals surface area contributed by atoms with Crippen LogP contribution in [0, 0.1) is 0 Å². The molecule has 1 unspecified atom stereocenters. The summed E-state index contributed by atoms with van der Waals surface area (Å²) in [5.74, 6) is 0.676. The van der Waals surface area contributed by atoms with Crippen molar-refractivity contribution in [1.29, 1.82) is 0 Å². The molecule has 0 aliphatic carbocycles. The highest BCUT2D eigenvalue weighted by Gasteiger charge is 2.39. The van der Waals surface area contributed by atoms with Crippen LogP contribution in [0.15, 0.2) is 18.3 Å². The number of aromatic nitrogens is 1. The summed E-state index contributed by atoms with van der Waals surface area (Å²) in [7, 11) is -1.88. The van der Waals surface area contributed by atoms with E-state index in [-0.39, 0.29) is 17.0 Å². The summed E-state index contributed by atoms with van der Waals surface area (Å²) < 4.78 is 13.4. The third-order valence-corrected chi connectivity index (χ3v) is 8.48. The highest BCUT2D eigenvalue weighted by Crippen LogP contribution is 2.38.